The van der Waals surface area contributed by atoms with Crippen LogP contribution in [0, 0.1) is 11.8 Å². The zero-order valence-corrected chi connectivity index (χ0v) is 20.1. The van der Waals surface area contributed by atoms with Crippen molar-refractivity contribution in [3.8, 4) is 5.75 Å². The van der Waals surface area contributed by atoms with E-state index in [0.29, 0.717) is 34.1 Å². The van der Waals surface area contributed by atoms with Gasteiger partial charge in [0.25, 0.3) is 0 Å². The smallest absolute Gasteiger partial charge is 0.240 e. The Morgan fingerprint density at radius 2 is 2.06 bits per heavy atom. The molecule has 1 aromatic heterocycles. The SMILES string of the molecule is C=CC1CN2CCC1CC2[C@H](O)c1cc([C@]2(O)O[C@H](CO)[C@H](O)[C@H](O)[C@H]2O)nc2ccc(OC)cc12. The minimum absolute atomic E-state index is 0.147. The quantitative estimate of drug-likeness (QED) is 0.292. The lowest BCUT2D eigenvalue weighted by Crippen LogP contribution is -2.63. The van der Waals surface area contributed by atoms with Gasteiger partial charge in [-0.3, -0.25) is 4.90 Å². The number of rotatable bonds is 6. The van der Waals surface area contributed by atoms with E-state index in [0.717, 1.165) is 25.9 Å². The number of aromatic nitrogens is 1. The summed E-state index contributed by atoms with van der Waals surface area (Å²) in [6, 6.07) is 6.40. The molecule has 10 heteroatoms. The van der Waals surface area contributed by atoms with Crippen molar-refractivity contribution in [3.63, 3.8) is 0 Å². The summed E-state index contributed by atoms with van der Waals surface area (Å²) in [5, 5.41) is 64.5. The van der Waals surface area contributed by atoms with Gasteiger partial charge in [-0.25, -0.2) is 4.98 Å². The summed E-state index contributed by atoms with van der Waals surface area (Å²) in [6.45, 7) is 4.94. The Hall–Kier alpha value is -2.15. The lowest BCUT2D eigenvalue weighted by Gasteiger charge is -2.50. The highest BCUT2D eigenvalue weighted by Crippen LogP contribution is 2.44. The molecule has 2 aromatic rings. The van der Waals surface area contributed by atoms with Crippen LogP contribution in [0.15, 0.2) is 36.9 Å². The van der Waals surface area contributed by atoms with Gasteiger partial charge >= 0.3 is 0 Å². The normalized spacial score (nSPS) is 39.2. The van der Waals surface area contributed by atoms with E-state index in [1.165, 1.54) is 13.2 Å². The number of hydrogen-bond acceptors (Lipinski definition) is 10. The van der Waals surface area contributed by atoms with E-state index in [-0.39, 0.29) is 11.7 Å². The second-order valence-electron chi connectivity index (χ2n) is 10.1. The third-order valence-corrected chi connectivity index (χ3v) is 8.22. The molecule has 6 rings (SSSR count). The molecule has 4 aliphatic rings. The number of aliphatic hydroxyl groups excluding tert-OH is 5. The monoisotopic (exact) mass is 502 g/mol. The van der Waals surface area contributed by atoms with Gasteiger partial charge in [-0.15, -0.1) is 6.58 Å². The molecule has 4 aliphatic heterocycles. The van der Waals surface area contributed by atoms with Gasteiger partial charge in [0.1, 0.15) is 35.9 Å². The van der Waals surface area contributed by atoms with Crippen LogP contribution in [-0.4, -0.2) is 97.8 Å². The summed E-state index contributed by atoms with van der Waals surface area (Å²) in [5.41, 5.74) is 0.728. The average molecular weight is 503 g/mol. The third kappa shape index (κ3) is 4.02. The molecule has 36 heavy (non-hydrogen) atoms. The lowest BCUT2D eigenvalue weighted by molar-refractivity contribution is -0.359. The summed E-state index contributed by atoms with van der Waals surface area (Å²) in [5.74, 6) is -1.17. The maximum absolute atomic E-state index is 11.7. The van der Waals surface area contributed by atoms with Crippen LogP contribution in [0.4, 0.5) is 0 Å². The highest BCUT2D eigenvalue weighted by molar-refractivity contribution is 5.84. The first-order valence-corrected chi connectivity index (χ1v) is 12.3. The Labute approximate surface area is 209 Å². The van der Waals surface area contributed by atoms with Crippen LogP contribution >= 0.6 is 0 Å². The van der Waals surface area contributed by atoms with Gasteiger partial charge < -0.3 is 40.1 Å². The van der Waals surface area contributed by atoms with Crippen LogP contribution in [-0.2, 0) is 10.5 Å². The van der Waals surface area contributed by atoms with Gasteiger partial charge in [0, 0.05) is 18.0 Å². The molecule has 0 aliphatic carbocycles. The highest BCUT2D eigenvalue weighted by Gasteiger charge is 2.55. The number of fused-ring (bicyclic) bond motifs is 4. The van der Waals surface area contributed by atoms with Crippen LogP contribution in [0.25, 0.3) is 10.9 Å². The molecule has 10 nitrogen and oxygen atoms in total. The Balaban J connectivity index is 1.61. The predicted octanol–water partition coefficient (Wildman–Crippen LogP) is -0.208. The topological polar surface area (TPSA) is 156 Å². The van der Waals surface area contributed by atoms with Gasteiger partial charge in [-0.05, 0) is 61.1 Å². The summed E-state index contributed by atoms with van der Waals surface area (Å²) in [7, 11) is 1.54. The van der Waals surface area contributed by atoms with E-state index in [9.17, 15) is 30.6 Å². The molecule has 5 heterocycles. The molecule has 10 atom stereocenters. The van der Waals surface area contributed by atoms with Crippen molar-refractivity contribution in [1.29, 1.82) is 0 Å². The maximum Gasteiger partial charge on any atom is 0.240 e. The summed E-state index contributed by atoms with van der Waals surface area (Å²) < 4.78 is 10.9. The van der Waals surface area contributed by atoms with Crippen molar-refractivity contribution in [3.05, 3.63) is 48.2 Å². The molecule has 1 aromatic carbocycles. The number of methoxy groups -OCH3 is 1. The molecule has 0 saturated carbocycles. The number of pyridine rings is 1. The minimum Gasteiger partial charge on any atom is -0.497 e. The molecular weight excluding hydrogens is 468 g/mol. The van der Waals surface area contributed by atoms with Crippen molar-refractivity contribution in [2.75, 3.05) is 26.8 Å². The summed E-state index contributed by atoms with van der Waals surface area (Å²) in [4.78, 5) is 6.74. The lowest BCUT2D eigenvalue weighted by atomic mass is 9.73. The molecule has 4 unspecified atom stereocenters. The molecule has 6 N–H and O–H groups in total. The largest absolute Gasteiger partial charge is 0.497 e. The molecule has 2 bridgehead atoms. The fourth-order valence-electron chi connectivity index (χ4n) is 6.06. The van der Waals surface area contributed by atoms with Crippen LogP contribution in [0.5, 0.6) is 5.75 Å². The number of benzene rings is 1. The van der Waals surface area contributed by atoms with Crippen LogP contribution in [0.2, 0.25) is 0 Å². The number of hydrogen-bond donors (Lipinski definition) is 6. The van der Waals surface area contributed by atoms with E-state index in [2.05, 4.69) is 16.5 Å². The number of nitrogens with zero attached hydrogens (tertiary/aromatic N) is 2. The third-order valence-electron chi connectivity index (χ3n) is 8.22. The van der Waals surface area contributed by atoms with Gasteiger partial charge in [-0.1, -0.05) is 6.08 Å². The maximum atomic E-state index is 11.7. The van der Waals surface area contributed by atoms with E-state index in [1.807, 2.05) is 6.08 Å². The van der Waals surface area contributed by atoms with Crippen molar-refractivity contribution in [2.45, 2.75) is 55.2 Å². The Kier molecular flexibility index (Phi) is 6.81. The zero-order chi connectivity index (χ0) is 25.8. The highest BCUT2D eigenvalue weighted by atomic mass is 16.7. The zero-order valence-electron chi connectivity index (χ0n) is 20.1. The van der Waals surface area contributed by atoms with E-state index in [4.69, 9.17) is 9.47 Å². The van der Waals surface area contributed by atoms with Gasteiger partial charge in [0.2, 0.25) is 5.79 Å². The van der Waals surface area contributed by atoms with Gasteiger partial charge in [0.15, 0.2) is 0 Å². The first-order chi connectivity index (χ1) is 17.2. The van der Waals surface area contributed by atoms with Gasteiger partial charge in [0.05, 0.1) is 25.3 Å². The number of ether oxygens (including phenoxy) is 2. The number of piperidine rings is 3. The summed E-state index contributed by atoms with van der Waals surface area (Å²) in [6.07, 6.45) is -3.86. The van der Waals surface area contributed by atoms with E-state index in [1.54, 1.807) is 18.2 Å². The van der Waals surface area contributed by atoms with Crippen molar-refractivity contribution in [2.24, 2.45) is 11.8 Å². The van der Waals surface area contributed by atoms with Crippen LogP contribution in [0.3, 0.4) is 0 Å². The van der Waals surface area contributed by atoms with Crippen LogP contribution < -0.4 is 4.74 Å². The Bertz CT molecular complexity index is 1130. The molecular formula is C26H34N2O8. The minimum atomic E-state index is -2.53. The fraction of sp³-hybridized carbons (Fsp3) is 0.577. The van der Waals surface area contributed by atoms with Gasteiger partial charge in [-0.2, -0.15) is 0 Å². The second kappa shape index (κ2) is 9.62. The first-order valence-electron chi connectivity index (χ1n) is 12.3. The molecule has 0 spiro atoms. The molecule has 196 valence electrons. The van der Waals surface area contributed by atoms with Crippen molar-refractivity contribution >= 4 is 10.9 Å². The predicted molar refractivity (Wildman–Crippen MR) is 129 cm³/mol. The average Bonchev–Trinajstić information content (AvgIpc) is 2.92. The first kappa shape index (κ1) is 25.5. The molecule has 0 amide bonds. The van der Waals surface area contributed by atoms with E-state index >= 15 is 0 Å². The van der Waals surface area contributed by atoms with E-state index < -0.39 is 42.9 Å². The standard InChI is InChI=1S/C26H34N2O8/c1-3-13-11-28-7-6-14(13)8-19(28)22(30)17-10-21(27-18-5-4-15(35-2)9-16(17)18)26(34)25(33)24(32)23(31)20(12-29)36-26/h3-5,9-10,13-14,19-20,22-25,29-34H,1,6-8,11-12H2,2H3/t13?,14?,19?,20-,22-,23+,24+,25-,26+/m1/s1. The molecule has 4 fully saturated rings. The van der Waals surface area contributed by atoms with Crippen molar-refractivity contribution in [1.82, 2.24) is 9.88 Å². The Morgan fingerprint density at radius 3 is 2.69 bits per heavy atom. The van der Waals surface area contributed by atoms with Crippen molar-refractivity contribution < 1.29 is 40.1 Å². The molecule has 0 radical (unpaired) electrons. The fourth-order valence-corrected chi connectivity index (χ4v) is 6.06. The summed E-state index contributed by atoms with van der Waals surface area (Å²) >= 11 is 0. The Morgan fingerprint density at radius 1 is 1.28 bits per heavy atom. The van der Waals surface area contributed by atoms with Crippen LogP contribution in [0.1, 0.15) is 30.2 Å². The second-order valence-corrected chi connectivity index (χ2v) is 10.1. The number of aliphatic hydroxyl groups is 6. The molecule has 4 saturated heterocycles.